The number of pyridine rings is 1. The van der Waals surface area contributed by atoms with Crippen LogP contribution in [-0.2, 0) is 9.53 Å². The van der Waals surface area contributed by atoms with Crippen LogP contribution in [0.5, 0.6) is 5.75 Å². The van der Waals surface area contributed by atoms with Gasteiger partial charge in [-0.25, -0.2) is 9.79 Å². The molecule has 170 valence electrons. The summed E-state index contributed by atoms with van der Waals surface area (Å²) in [4.78, 5) is 35.8. The number of benzene rings is 1. The quantitative estimate of drug-likeness (QED) is 0.525. The van der Waals surface area contributed by atoms with Crippen molar-refractivity contribution in [1.82, 2.24) is 9.55 Å². The lowest BCUT2D eigenvalue weighted by Crippen LogP contribution is -2.39. The van der Waals surface area contributed by atoms with E-state index in [1.165, 1.54) is 11.3 Å². The second kappa shape index (κ2) is 9.54. The van der Waals surface area contributed by atoms with Crippen molar-refractivity contribution in [3.05, 3.63) is 90.9 Å². The zero-order chi connectivity index (χ0) is 23.5. The van der Waals surface area contributed by atoms with E-state index in [9.17, 15) is 9.59 Å². The summed E-state index contributed by atoms with van der Waals surface area (Å²) in [5.41, 5.74) is 2.11. The summed E-state index contributed by atoms with van der Waals surface area (Å²) in [6.07, 6.45) is 3.46. The van der Waals surface area contributed by atoms with E-state index < -0.39 is 12.0 Å². The fourth-order valence-corrected chi connectivity index (χ4v) is 4.73. The van der Waals surface area contributed by atoms with E-state index in [-0.39, 0.29) is 18.3 Å². The van der Waals surface area contributed by atoms with Crippen LogP contribution in [0.2, 0.25) is 0 Å². The standard InChI is InChI=1S/C25H25N3O4S/c1-5-31-24(30)21-16(4)27-25-28(22(21)17-9-11-19(12-10-17)32-15(2)3)23(29)20(33-25)14-18-8-6-7-13-26-18/h6-15,22H,5H2,1-4H3/b20-14+/t22-/m0/s1. The van der Waals surface area contributed by atoms with Gasteiger partial charge in [0, 0.05) is 6.20 Å². The number of thiazole rings is 1. The van der Waals surface area contributed by atoms with E-state index in [2.05, 4.69) is 9.98 Å². The molecule has 0 fully saturated rings. The van der Waals surface area contributed by atoms with Crippen LogP contribution in [0, 0.1) is 0 Å². The van der Waals surface area contributed by atoms with Crippen LogP contribution < -0.4 is 19.6 Å². The molecule has 1 atom stereocenters. The summed E-state index contributed by atoms with van der Waals surface area (Å²) in [7, 11) is 0. The van der Waals surface area contributed by atoms with Crippen LogP contribution in [-0.4, -0.2) is 28.2 Å². The molecule has 1 aliphatic rings. The molecule has 3 heterocycles. The van der Waals surface area contributed by atoms with Crippen LogP contribution in [0.3, 0.4) is 0 Å². The maximum absolute atomic E-state index is 13.5. The first kappa shape index (κ1) is 22.7. The average molecular weight is 464 g/mol. The van der Waals surface area contributed by atoms with Crippen molar-refractivity contribution in [1.29, 1.82) is 0 Å². The number of hydrogen-bond acceptors (Lipinski definition) is 7. The van der Waals surface area contributed by atoms with Crippen LogP contribution in [0.15, 0.2) is 69.7 Å². The molecule has 0 aliphatic carbocycles. The predicted octanol–water partition coefficient (Wildman–Crippen LogP) is 2.98. The molecule has 0 N–H and O–H groups in total. The molecule has 0 bridgehead atoms. The Morgan fingerprint density at radius 3 is 2.61 bits per heavy atom. The summed E-state index contributed by atoms with van der Waals surface area (Å²) in [5, 5.41) is 0. The first-order valence-corrected chi connectivity index (χ1v) is 11.6. The first-order valence-electron chi connectivity index (χ1n) is 10.8. The topological polar surface area (TPSA) is 82.8 Å². The van der Waals surface area contributed by atoms with Gasteiger partial charge < -0.3 is 9.47 Å². The number of nitrogens with zero attached hydrogens (tertiary/aromatic N) is 3. The van der Waals surface area contributed by atoms with Gasteiger partial charge in [0.25, 0.3) is 5.56 Å². The number of aromatic nitrogens is 2. The highest BCUT2D eigenvalue weighted by Crippen LogP contribution is 2.31. The van der Waals surface area contributed by atoms with Crippen LogP contribution in [0.25, 0.3) is 6.08 Å². The summed E-state index contributed by atoms with van der Waals surface area (Å²) in [6.45, 7) is 7.67. The molecule has 3 aromatic rings. The van der Waals surface area contributed by atoms with E-state index in [0.29, 0.717) is 26.3 Å². The monoisotopic (exact) mass is 463 g/mol. The molecule has 0 saturated carbocycles. The van der Waals surface area contributed by atoms with Gasteiger partial charge in [0.15, 0.2) is 4.80 Å². The Hall–Kier alpha value is -3.52. The van der Waals surface area contributed by atoms with E-state index in [4.69, 9.17) is 9.47 Å². The van der Waals surface area contributed by atoms with Crippen molar-refractivity contribution in [2.45, 2.75) is 39.8 Å². The SMILES string of the molecule is CCOC(=O)C1=C(C)N=c2s/c(=C/c3ccccn3)c(=O)n2[C@H]1c1ccc(OC(C)C)cc1. The van der Waals surface area contributed by atoms with Gasteiger partial charge in [-0.2, -0.15) is 0 Å². The maximum atomic E-state index is 13.5. The molecule has 8 heteroatoms. The Morgan fingerprint density at radius 1 is 1.21 bits per heavy atom. The Kier molecular flexibility index (Phi) is 6.55. The van der Waals surface area contributed by atoms with Crippen LogP contribution in [0.1, 0.15) is 45.0 Å². The summed E-state index contributed by atoms with van der Waals surface area (Å²) in [5.74, 6) is 0.236. The summed E-state index contributed by atoms with van der Waals surface area (Å²) < 4.78 is 13.1. The second-order valence-electron chi connectivity index (χ2n) is 7.79. The van der Waals surface area contributed by atoms with Crippen LogP contribution in [0.4, 0.5) is 0 Å². The van der Waals surface area contributed by atoms with Crippen molar-refractivity contribution in [3.8, 4) is 5.75 Å². The largest absolute Gasteiger partial charge is 0.491 e. The third-order valence-corrected chi connectivity index (χ3v) is 6.03. The first-order chi connectivity index (χ1) is 15.9. The lowest BCUT2D eigenvalue weighted by molar-refractivity contribution is -0.139. The molecular formula is C25H25N3O4S. The van der Waals surface area contributed by atoms with Gasteiger partial charge in [0.1, 0.15) is 5.75 Å². The molecule has 33 heavy (non-hydrogen) atoms. The number of ether oxygens (including phenoxy) is 2. The Bertz CT molecular complexity index is 1370. The number of carbonyl (C=O) groups is 1. The lowest BCUT2D eigenvalue weighted by Gasteiger charge is -2.25. The Labute approximate surface area is 195 Å². The number of allylic oxidation sites excluding steroid dienone is 1. The van der Waals surface area contributed by atoms with E-state index in [0.717, 1.165) is 11.3 Å². The molecule has 0 unspecified atom stereocenters. The molecule has 0 amide bonds. The number of carbonyl (C=O) groups excluding carboxylic acids is 1. The maximum Gasteiger partial charge on any atom is 0.338 e. The van der Waals surface area contributed by atoms with Gasteiger partial charge in [0.05, 0.1) is 40.2 Å². The normalized spacial score (nSPS) is 15.9. The molecule has 0 radical (unpaired) electrons. The Morgan fingerprint density at radius 2 is 1.97 bits per heavy atom. The molecular weight excluding hydrogens is 438 g/mol. The van der Waals surface area contributed by atoms with Crippen LogP contribution >= 0.6 is 11.3 Å². The fourth-order valence-electron chi connectivity index (χ4n) is 3.70. The average Bonchev–Trinajstić information content (AvgIpc) is 3.08. The minimum absolute atomic E-state index is 0.0392. The zero-order valence-corrected chi connectivity index (χ0v) is 19.8. The Balaban J connectivity index is 1.90. The van der Waals surface area contributed by atoms with E-state index in [1.54, 1.807) is 30.7 Å². The van der Waals surface area contributed by atoms with E-state index in [1.807, 2.05) is 56.3 Å². The highest BCUT2D eigenvalue weighted by molar-refractivity contribution is 7.07. The lowest BCUT2D eigenvalue weighted by atomic mass is 9.96. The van der Waals surface area contributed by atoms with Gasteiger partial charge in [-0.05, 0) is 63.6 Å². The van der Waals surface area contributed by atoms with Crippen molar-refractivity contribution < 1.29 is 14.3 Å². The second-order valence-corrected chi connectivity index (χ2v) is 8.80. The van der Waals surface area contributed by atoms with Gasteiger partial charge in [0.2, 0.25) is 0 Å². The number of rotatable bonds is 6. The van der Waals surface area contributed by atoms with Gasteiger partial charge in [-0.3, -0.25) is 14.3 Å². The zero-order valence-electron chi connectivity index (χ0n) is 18.9. The third kappa shape index (κ3) is 4.66. The van der Waals surface area contributed by atoms with Gasteiger partial charge >= 0.3 is 5.97 Å². The highest BCUT2D eigenvalue weighted by atomic mass is 32.1. The van der Waals surface area contributed by atoms with Gasteiger partial charge in [-0.1, -0.05) is 29.5 Å². The third-order valence-electron chi connectivity index (χ3n) is 5.05. The minimum atomic E-state index is -0.653. The van der Waals surface area contributed by atoms with Gasteiger partial charge in [-0.15, -0.1) is 0 Å². The number of fused-ring (bicyclic) bond motifs is 1. The molecule has 0 saturated heterocycles. The van der Waals surface area contributed by atoms with Crippen molar-refractivity contribution in [2.24, 2.45) is 4.99 Å². The molecule has 1 aromatic carbocycles. The predicted molar refractivity (Wildman–Crippen MR) is 127 cm³/mol. The smallest absolute Gasteiger partial charge is 0.338 e. The molecule has 7 nitrogen and oxygen atoms in total. The number of esters is 1. The van der Waals surface area contributed by atoms with E-state index >= 15 is 0 Å². The highest BCUT2D eigenvalue weighted by Gasteiger charge is 2.33. The molecule has 2 aromatic heterocycles. The number of hydrogen-bond donors (Lipinski definition) is 0. The van der Waals surface area contributed by atoms with Crippen molar-refractivity contribution in [2.75, 3.05) is 6.61 Å². The minimum Gasteiger partial charge on any atom is -0.491 e. The van der Waals surface area contributed by atoms with Crippen molar-refractivity contribution in [3.63, 3.8) is 0 Å². The fraction of sp³-hybridized carbons (Fsp3) is 0.280. The summed E-state index contributed by atoms with van der Waals surface area (Å²) >= 11 is 1.27. The molecule has 1 aliphatic heterocycles. The van der Waals surface area contributed by atoms with Crippen molar-refractivity contribution >= 4 is 23.4 Å². The molecule has 4 rings (SSSR count). The molecule has 0 spiro atoms. The summed E-state index contributed by atoms with van der Waals surface area (Å²) in [6, 6.07) is 12.3.